The summed E-state index contributed by atoms with van der Waals surface area (Å²) < 4.78 is 0. The Kier molecular flexibility index (Phi) is 5.57. The Labute approximate surface area is 99.8 Å². The Morgan fingerprint density at radius 2 is 2.07 bits per heavy atom. The van der Waals surface area contributed by atoms with Crippen molar-refractivity contribution in [2.24, 2.45) is 0 Å². The van der Waals surface area contributed by atoms with Crippen LogP contribution in [0.2, 0.25) is 0 Å². The summed E-state index contributed by atoms with van der Waals surface area (Å²) in [5.41, 5.74) is 4.15. The van der Waals surface area contributed by atoms with Crippen molar-refractivity contribution >= 4 is 27.5 Å². The lowest BCUT2D eigenvalue weighted by Gasteiger charge is -2.08. The van der Waals surface area contributed by atoms with E-state index in [9.17, 15) is 0 Å². The van der Waals surface area contributed by atoms with Crippen molar-refractivity contribution in [2.45, 2.75) is 32.1 Å². The Morgan fingerprint density at radius 1 is 1.29 bits per heavy atom. The van der Waals surface area contributed by atoms with E-state index >= 15 is 0 Å². The summed E-state index contributed by atoms with van der Waals surface area (Å²) in [7, 11) is 0. The lowest BCUT2D eigenvalue weighted by Crippen LogP contribution is -1.95. The minimum absolute atomic E-state index is 0.616. The monoisotopic (exact) mass is 274 g/mol. The fraction of sp³-hybridized carbons (Fsp3) is 0.500. The van der Waals surface area contributed by atoms with Crippen LogP contribution in [-0.2, 0) is 18.7 Å². The van der Waals surface area contributed by atoms with Crippen LogP contribution >= 0.6 is 27.5 Å². The van der Waals surface area contributed by atoms with E-state index in [0.717, 1.165) is 18.2 Å². The lowest BCUT2D eigenvalue weighted by molar-refractivity contribution is 0.911. The van der Waals surface area contributed by atoms with Gasteiger partial charge in [-0.25, -0.2) is 0 Å². The molecule has 0 bridgehead atoms. The van der Waals surface area contributed by atoms with Crippen molar-refractivity contribution in [3.05, 3.63) is 34.9 Å². The topological polar surface area (TPSA) is 0 Å². The fourth-order valence-corrected chi connectivity index (χ4v) is 2.04. The van der Waals surface area contributed by atoms with Gasteiger partial charge in [-0.3, -0.25) is 0 Å². The molecule has 1 aromatic carbocycles. The van der Waals surface area contributed by atoms with Gasteiger partial charge in [0.25, 0.3) is 0 Å². The van der Waals surface area contributed by atoms with Crippen molar-refractivity contribution < 1.29 is 0 Å². The van der Waals surface area contributed by atoms with Crippen LogP contribution < -0.4 is 0 Å². The van der Waals surface area contributed by atoms with Gasteiger partial charge in [0.05, 0.1) is 0 Å². The van der Waals surface area contributed by atoms with Crippen LogP contribution in [0.4, 0.5) is 0 Å². The first-order valence-electron chi connectivity index (χ1n) is 5.04. The van der Waals surface area contributed by atoms with Crippen LogP contribution in [0.5, 0.6) is 0 Å². The molecule has 0 radical (unpaired) electrons. The molecule has 1 aromatic rings. The molecule has 0 nitrogen and oxygen atoms in total. The van der Waals surface area contributed by atoms with Gasteiger partial charge in [-0.05, 0) is 36.0 Å². The summed E-state index contributed by atoms with van der Waals surface area (Å²) in [6.45, 7) is 2.20. The third-order valence-corrected chi connectivity index (χ3v) is 3.25. The van der Waals surface area contributed by atoms with Gasteiger partial charge in [0.2, 0.25) is 0 Å². The zero-order chi connectivity index (χ0) is 10.4. The average Bonchev–Trinajstić information content (AvgIpc) is 2.25. The summed E-state index contributed by atoms with van der Waals surface area (Å²) >= 11 is 9.28. The predicted octanol–water partition coefficient (Wildman–Crippen LogP) is 4.32. The molecule has 0 saturated carbocycles. The average molecular weight is 276 g/mol. The smallest absolute Gasteiger partial charge is 0.0474 e. The minimum Gasteiger partial charge on any atom is -0.122 e. The normalized spacial score (nSPS) is 10.5. The molecule has 0 unspecified atom stereocenters. The highest BCUT2D eigenvalue weighted by Gasteiger charge is 2.01. The van der Waals surface area contributed by atoms with Crippen molar-refractivity contribution in [1.29, 1.82) is 0 Å². The van der Waals surface area contributed by atoms with Gasteiger partial charge in [0.15, 0.2) is 0 Å². The van der Waals surface area contributed by atoms with Gasteiger partial charge in [0, 0.05) is 11.2 Å². The van der Waals surface area contributed by atoms with E-state index in [2.05, 4.69) is 41.1 Å². The molecule has 0 fully saturated rings. The Hall–Kier alpha value is -0.0100. The Bertz CT molecular complexity index is 284. The van der Waals surface area contributed by atoms with Crippen LogP contribution in [0.1, 0.15) is 30.0 Å². The van der Waals surface area contributed by atoms with Crippen LogP contribution in [0.25, 0.3) is 0 Å². The van der Waals surface area contributed by atoms with Gasteiger partial charge in [0.1, 0.15) is 0 Å². The number of aryl methyl sites for hydroxylation is 2. The molecule has 0 saturated heterocycles. The van der Waals surface area contributed by atoms with Crippen molar-refractivity contribution in [3.63, 3.8) is 0 Å². The highest BCUT2D eigenvalue weighted by Crippen LogP contribution is 2.16. The van der Waals surface area contributed by atoms with Crippen LogP contribution in [-0.4, -0.2) is 5.33 Å². The highest BCUT2D eigenvalue weighted by molar-refractivity contribution is 9.09. The quantitative estimate of drug-likeness (QED) is 0.702. The van der Waals surface area contributed by atoms with Crippen molar-refractivity contribution in [3.8, 4) is 0 Å². The molecule has 0 heterocycles. The first-order valence-corrected chi connectivity index (χ1v) is 6.70. The maximum Gasteiger partial charge on any atom is 0.0474 e. The molecule has 14 heavy (non-hydrogen) atoms. The zero-order valence-corrected chi connectivity index (χ0v) is 10.9. The molecule has 0 aromatic heterocycles. The third kappa shape index (κ3) is 3.29. The number of hydrogen-bond donors (Lipinski definition) is 0. The molecule has 0 amide bonds. The van der Waals surface area contributed by atoms with Gasteiger partial charge in [-0.2, -0.15) is 0 Å². The van der Waals surface area contributed by atoms with E-state index in [1.807, 2.05) is 0 Å². The molecule has 0 aliphatic heterocycles. The Balaban J connectivity index is 2.84. The second-order valence-corrected chi connectivity index (χ2v) is 4.44. The summed E-state index contributed by atoms with van der Waals surface area (Å²) in [5, 5.41) is 1.07. The summed E-state index contributed by atoms with van der Waals surface area (Å²) in [6, 6.07) is 6.58. The number of rotatable bonds is 5. The number of alkyl halides is 2. The molecule has 0 aliphatic carbocycles. The molecule has 0 N–H and O–H groups in total. The van der Waals surface area contributed by atoms with Crippen molar-refractivity contribution in [2.75, 3.05) is 5.33 Å². The maximum absolute atomic E-state index is 5.82. The van der Waals surface area contributed by atoms with E-state index in [-0.39, 0.29) is 0 Å². The van der Waals surface area contributed by atoms with Crippen LogP contribution in [0, 0.1) is 0 Å². The molecule has 0 spiro atoms. The molecular weight excluding hydrogens is 259 g/mol. The number of halogens is 2. The van der Waals surface area contributed by atoms with E-state index in [0.29, 0.717) is 5.88 Å². The second kappa shape index (κ2) is 6.47. The zero-order valence-electron chi connectivity index (χ0n) is 8.52. The largest absolute Gasteiger partial charge is 0.122 e. The molecule has 2 heteroatoms. The maximum atomic E-state index is 5.82. The predicted molar refractivity (Wildman–Crippen MR) is 67.5 cm³/mol. The van der Waals surface area contributed by atoms with Gasteiger partial charge < -0.3 is 0 Å². The first-order chi connectivity index (χ1) is 6.81. The standard InChI is InChI=1S/C12H16BrCl/c1-2-11-6-5-10(9-14)8-12(11)4-3-7-13/h5-6,8H,2-4,7,9H2,1H3. The molecule has 0 aliphatic rings. The van der Waals surface area contributed by atoms with E-state index in [1.165, 1.54) is 23.1 Å². The second-order valence-electron chi connectivity index (χ2n) is 3.38. The van der Waals surface area contributed by atoms with E-state index < -0.39 is 0 Å². The van der Waals surface area contributed by atoms with E-state index in [1.54, 1.807) is 0 Å². The SMILES string of the molecule is CCc1ccc(CCl)cc1CCCBr. The van der Waals surface area contributed by atoms with E-state index in [4.69, 9.17) is 11.6 Å². The molecule has 78 valence electrons. The molecule has 0 atom stereocenters. The fourth-order valence-electron chi connectivity index (χ4n) is 1.60. The minimum atomic E-state index is 0.616. The lowest BCUT2D eigenvalue weighted by atomic mass is 9.99. The van der Waals surface area contributed by atoms with Gasteiger partial charge >= 0.3 is 0 Å². The molecule has 1 rings (SSSR count). The highest BCUT2D eigenvalue weighted by atomic mass is 79.9. The number of hydrogen-bond acceptors (Lipinski definition) is 0. The first kappa shape index (κ1) is 12.1. The summed E-state index contributed by atoms with van der Waals surface area (Å²) in [4.78, 5) is 0. The van der Waals surface area contributed by atoms with Crippen molar-refractivity contribution in [1.82, 2.24) is 0 Å². The molecular formula is C12H16BrCl. The summed E-state index contributed by atoms with van der Waals surface area (Å²) in [6.07, 6.45) is 3.46. The number of benzene rings is 1. The van der Waals surface area contributed by atoms with Gasteiger partial charge in [-0.15, -0.1) is 11.6 Å². The third-order valence-electron chi connectivity index (χ3n) is 2.39. The Morgan fingerprint density at radius 3 is 2.64 bits per heavy atom. The van der Waals surface area contributed by atoms with Crippen LogP contribution in [0.3, 0.4) is 0 Å². The summed E-state index contributed by atoms with van der Waals surface area (Å²) in [5.74, 6) is 0.616. The van der Waals surface area contributed by atoms with Gasteiger partial charge in [-0.1, -0.05) is 41.1 Å². The van der Waals surface area contributed by atoms with Crippen LogP contribution in [0.15, 0.2) is 18.2 Å².